The number of amides is 2. The van der Waals surface area contributed by atoms with Gasteiger partial charge in [-0.1, -0.05) is 47.5 Å². The summed E-state index contributed by atoms with van der Waals surface area (Å²) in [6.07, 6.45) is 0. The second-order valence-corrected chi connectivity index (χ2v) is 5.31. The number of benzene rings is 2. The van der Waals surface area contributed by atoms with Crippen molar-refractivity contribution in [2.75, 3.05) is 6.54 Å². The standard InChI is InChI=1S/C18H20N2O2/c1-13-6-8-15(9-7-13)11-19-17(21)12-20-18(22)16-5-3-4-14(2)10-16/h3-10H,11-12H2,1-2H3,(H,19,21)(H,20,22). The summed E-state index contributed by atoms with van der Waals surface area (Å²) in [5, 5.41) is 5.40. The Bertz CT molecular complexity index is 663. The largest absolute Gasteiger partial charge is 0.350 e. The lowest BCUT2D eigenvalue weighted by Crippen LogP contribution is -2.36. The van der Waals surface area contributed by atoms with Gasteiger partial charge in [-0.05, 0) is 31.5 Å². The highest BCUT2D eigenvalue weighted by Gasteiger charge is 2.07. The zero-order valence-corrected chi connectivity index (χ0v) is 12.8. The molecule has 2 amide bonds. The molecule has 0 saturated heterocycles. The van der Waals surface area contributed by atoms with Crippen molar-refractivity contribution in [3.63, 3.8) is 0 Å². The Balaban J connectivity index is 1.78. The van der Waals surface area contributed by atoms with Crippen LogP contribution in [0.25, 0.3) is 0 Å². The Labute approximate surface area is 130 Å². The first-order valence-corrected chi connectivity index (χ1v) is 7.22. The van der Waals surface area contributed by atoms with E-state index >= 15 is 0 Å². The minimum atomic E-state index is -0.241. The van der Waals surface area contributed by atoms with E-state index in [-0.39, 0.29) is 18.4 Å². The Morgan fingerprint density at radius 2 is 1.64 bits per heavy atom. The molecular formula is C18H20N2O2. The highest BCUT2D eigenvalue weighted by molar-refractivity contribution is 5.96. The van der Waals surface area contributed by atoms with Crippen LogP contribution in [0.5, 0.6) is 0 Å². The second kappa shape index (κ2) is 7.41. The molecule has 0 aliphatic heterocycles. The zero-order valence-electron chi connectivity index (χ0n) is 12.8. The van der Waals surface area contributed by atoms with Gasteiger partial charge in [-0.25, -0.2) is 0 Å². The van der Waals surface area contributed by atoms with Crippen LogP contribution in [0.3, 0.4) is 0 Å². The van der Waals surface area contributed by atoms with Crippen molar-refractivity contribution >= 4 is 11.8 Å². The van der Waals surface area contributed by atoms with Gasteiger partial charge >= 0.3 is 0 Å². The molecule has 0 heterocycles. The smallest absolute Gasteiger partial charge is 0.251 e. The van der Waals surface area contributed by atoms with Crippen molar-refractivity contribution in [1.29, 1.82) is 0 Å². The van der Waals surface area contributed by atoms with E-state index < -0.39 is 0 Å². The zero-order chi connectivity index (χ0) is 15.9. The third-order valence-corrected chi connectivity index (χ3v) is 3.30. The van der Waals surface area contributed by atoms with Crippen LogP contribution in [0.15, 0.2) is 48.5 Å². The number of aryl methyl sites for hydroxylation is 2. The fourth-order valence-electron chi connectivity index (χ4n) is 2.02. The van der Waals surface area contributed by atoms with E-state index in [0.29, 0.717) is 12.1 Å². The number of hydrogen-bond donors (Lipinski definition) is 2. The molecule has 2 N–H and O–H groups in total. The molecule has 114 valence electrons. The highest BCUT2D eigenvalue weighted by Crippen LogP contribution is 2.04. The third-order valence-electron chi connectivity index (χ3n) is 3.30. The summed E-state index contributed by atoms with van der Waals surface area (Å²) in [7, 11) is 0. The lowest BCUT2D eigenvalue weighted by Gasteiger charge is -2.08. The summed E-state index contributed by atoms with van der Waals surface area (Å²) < 4.78 is 0. The van der Waals surface area contributed by atoms with Crippen molar-refractivity contribution in [1.82, 2.24) is 10.6 Å². The summed E-state index contributed by atoms with van der Waals surface area (Å²) in [6, 6.07) is 15.2. The van der Waals surface area contributed by atoms with Crippen molar-refractivity contribution in [2.24, 2.45) is 0 Å². The lowest BCUT2D eigenvalue weighted by molar-refractivity contribution is -0.120. The molecule has 2 aromatic rings. The predicted octanol–water partition coefficient (Wildman–Crippen LogP) is 2.35. The SMILES string of the molecule is Cc1ccc(CNC(=O)CNC(=O)c2cccc(C)c2)cc1. The molecule has 2 rings (SSSR count). The first-order valence-electron chi connectivity index (χ1n) is 7.22. The quantitative estimate of drug-likeness (QED) is 0.890. The average Bonchev–Trinajstić information content (AvgIpc) is 2.52. The third kappa shape index (κ3) is 4.74. The van der Waals surface area contributed by atoms with Crippen molar-refractivity contribution < 1.29 is 9.59 Å². The molecule has 0 radical (unpaired) electrons. The van der Waals surface area contributed by atoms with Crippen LogP contribution in [-0.2, 0) is 11.3 Å². The lowest BCUT2D eigenvalue weighted by atomic mass is 10.1. The maximum Gasteiger partial charge on any atom is 0.251 e. The van der Waals surface area contributed by atoms with E-state index in [1.54, 1.807) is 12.1 Å². The average molecular weight is 296 g/mol. The van der Waals surface area contributed by atoms with Gasteiger partial charge in [-0.3, -0.25) is 9.59 Å². The van der Waals surface area contributed by atoms with E-state index in [9.17, 15) is 9.59 Å². The van der Waals surface area contributed by atoms with Gasteiger partial charge in [0.1, 0.15) is 0 Å². The monoisotopic (exact) mass is 296 g/mol. The van der Waals surface area contributed by atoms with Crippen molar-refractivity contribution in [3.8, 4) is 0 Å². The summed E-state index contributed by atoms with van der Waals surface area (Å²) in [5.74, 6) is -0.448. The maximum absolute atomic E-state index is 11.9. The molecular weight excluding hydrogens is 276 g/mol. The molecule has 4 nitrogen and oxygen atoms in total. The molecule has 0 aliphatic rings. The highest BCUT2D eigenvalue weighted by atomic mass is 16.2. The molecule has 0 atom stereocenters. The van der Waals surface area contributed by atoms with Crippen LogP contribution in [-0.4, -0.2) is 18.4 Å². The summed E-state index contributed by atoms with van der Waals surface area (Å²) in [5.41, 5.74) is 3.78. The Kier molecular flexibility index (Phi) is 5.31. The number of carbonyl (C=O) groups is 2. The van der Waals surface area contributed by atoms with Gasteiger partial charge in [0.15, 0.2) is 0 Å². The minimum Gasteiger partial charge on any atom is -0.350 e. The molecule has 0 aliphatic carbocycles. The van der Waals surface area contributed by atoms with Crippen LogP contribution in [0.4, 0.5) is 0 Å². The molecule has 22 heavy (non-hydrogen) atoms. The molecule has 0 spiro atoms. The van der Waals surface area contributed by atoms with Gasteiger partial charge in [0.25, 0.3) is 5.91 Å². The van der Waals surface area contributed by atoms with Gasteiger partial charge in [-0.2, -0.15) is 0 Å². The van der Waals surface area contributed by atoms with Crippen molar-refractivity contribution in [3.05, 3.63) is 70.8 Å². The molecule has 0 bridgehead atoms. The van der Waals surface area contributed by atoms with E-state index in [1.165, 1.54) is 5.56 Å². The van der Waals surface area contributed by atoms with Crippen molar-refractivity contribution in [2.45, 2.75) is 20.4 Å². The number of carbonyl (C=O) groups excluding carboxylic acids is 2. The predicted molar refractivity (Wildman–Crippen MR) is 86.5 cm³/mol. The number of rotatable bonds is 5. The molecule has 0 fully saturated rings. The minimum absolute atomic E-state index is 0.0291. The van der Waals surface area contributed by atoms with E-state index in [2.05, 4.69) is 10.6 Å². The number of nitrogens with one attached hydrogen (secondary N) is 2. The first-order chi connectivity index (χ1) is 10.5. The van der Waals surface area contributed by atoms with Crippen LogP contribution < -0.4 is 10.6 Å². The fraction of sp³-hybridized carbons (Fsp3) is 0.222. The number of hydrogen-bond acceptors (Lipinski definition) is 2. The maximum atomic E-state index is 11.9. The van der Waals surface area contributed by atoms with Gasteiger partial charge in [0, 0.05) is 12.1 Å². The Morgan fingerprint density at radius 1 is 0.909 bits per heavy atom. The Hall–Kier alpha value is -2.62. The topological polar surface area (TPSA) is 58.2 Å². The molecule has 2 aromatic carbocycles. The Morgan fingerprint density at radius 3 is 2.32 bits per heavy atom. The molecule has 0 aromatic heterocycles. The molecule has 0 unspecified atom stereocenters. The van der Waals surface area contributed by atoms with E-state index in [0.717, 1.165) is 11.1 Å². The summed E-state index contributed by atoms with van der Waals surface area (Å²) in [4.78, 5) is 23.7. The first kappa shape index (κ1) is 15.8. The van der Waals surface area contributed by atoms with Gasteiger partial charge in [0.2, 0.25) is 5.91 Å². The normalized spacial score (nSPS) is 10.1. The summed E-state index contributed by atoms with van der Waals surface area (Å²) in [6.45, 7) is 4.37. The van der Waals surface area contributed by atoms with Gasteiger partial charge in [-0.15, -0.1) is 0 Å². The van der Waals surface area contributed by atoms with Crippen LogP contribution in [0.2, 0.25) is 0 Å². The summed E-state index contributed by atoms with van der Waals surface area (Å²) >= 11 is 0. The second-order valence-electron chi connectivity index (χ2n) is 5.31. The van der Waals surface area contributed by atoms with Gasteiger partial charge in [0.05, 0.1) is 6.54 Å². The fourth-order valence-corrected chi connectivity index (χ4v) is 2.02. The van der Waals surface area contributed by atoms with Crippen LogP contribution >= 0.6 is 0 Å². The molecule has 0 saturated carbocycles. The van der Waals surface area contributed by atoms with E-state index in [1.807, 2.05) is 50.2 Å². The van der Waals surface area contributed by atoms with Crippen LogP contribution in [0.1, 0.15) is 27.0 Å². The van der Waals surface area contributed by atoms with E-state index in [4.69, 9.17) is 0 Å². The van der Waals surface area contributed by atoms with Gasteiger partial charge < -0.3 is 10.6 Å². The molecule has 4 heteroatoms. The van der Waals surface area contributed by atoms with Crippen LogP contribution in [0, 0.1) is 13.8 Å².